The van der Waals surface area contributed by atoms with Crippen LogP contribution in [0.2, 0.25) is 0 Å². The van der Waals surface area contributed by atoms with Crippen LogP contribution in [-0.2, 0) is 4.74 Å². The zero-order valence-electron chi connectivity index (χ0n) is 12.6. The third-order valence-electron chi connectivity index (χ3n) is 3.57. The van der Waals surface area contributed by atoms with Gasteiger partial charge in [-0.15, -0.1) is 0 Å². The van der Waals surface area contributed by atoms with E-state index in [4.69, 9.17) is 4.74 Å². The Balaban J connectivity index is 2.21. The van der Waals surface area contributed by atoms with Gasteiger partial charge in [-0.3, -0.25) is 4.98 Å². The molecule has 108 valence electrons. The van der Waals surface area contributed by atoms with Crippen molar-refractivity contribution in [1.82, 2.24) is 10.3 Å². The van der Waals surface area contributed by atoms with E-state index in [0.29, 0.717) is 12.0 Å². The molecular weight excluding hydrogens is 248 g/mol. The fraction of sp³-hybridized carbons (Fsp3) is 0.471. The van der Waals surface area contributed by atoms with E-state index in [1.165, 1.54) is 10.9 Å². The average molecular weight is 272 g/mol. The number of fused-ring (bicyclic) bond motifs is 1. The molecule has 1 aromatic heterocycles. The van der Waals surface area contributed by atoms with Crippen LogP contribution in [0.4, 0.5) is 0 Å². The highest BCUT2D eigenvalue weighted by atomic mass is 16.5. The first kappa shape index (κ1) is 14.9. The molecule has 0 aliphatic rings. The van der Waals surface area contributed by atoms with Crippen molar-refractivity contribution in [3.8, 4) is 0 Å². The average Bonchev–Trinajstić information content (AvgIpc) is 2.46. The molecule has 0 bridgehead atoms. The van der Waals surface area contributed by atoms with Crippen LogP contribution in [0.3, 0.4) is 0 Å². The SMILES string of the molecule is CCNC(CC(C)COC)c1ccc2ncccc2c1. The van der Waals surface area contributed by atoms with Gasteiger partial charge in [0.25, 0.3) is 0 Å². The zero-order chi connectivity index (χ0) is 14.4. The van der Waals surface area contributed by atoms with E-state index in [0.717, 1.165) is 25.1 Å². The van der Waals surface area contributed by atoms with Gasteiger partial charge >= 0.3 is 0 Å². The number of hydrogen-bond acceptors (Lipinski definition) is 3. The van der Waals surface area contributed by atoms with Crippen molar-refractivity contribution < 1.29 is 4.74 Å². The first-order chi connectivity index (χ1) is 9.74. The summed E-state index contributed by atoms with van der Waals surface area (Å²) in [6.45, 7) is 6.15. The predicted octanol–water partition coefficient (Wildman–Crippen LogP) is 3.56. The second kappa shape index (κ2) is 7.36. The Hall–Kier alpha value is -1.45. The summed E-state index contributed by atoms with van der Waals surface area (Å²) in [5.74, 6) is 0.536. The summed E-state index contributed by atoms with van der Waals surface area (Å²) < 4.78 is 5.25. The van der Waals surface area contributed by atoms with Crippen molar-refractivity contribution in [2.45, 2.75) is 26.3 Å². The van der Waals surface area contributed by atoms with Crippen LogP contribution in [0.5, 0.6) is 0 Å². The number of benzene rings is 1. The minimum Gasteiger partial charge on any atom is -0.384 e. The van der Waals surface area contributed by atoms with Gasteiger partial charge in [0.15, 0.2) is 0 Å². The number of ether oxygens (including phenoxy) is 1. The quantitative estimate of drug-likeness (QED) is 0.837. The molecule has 0 spiro atoms. The van der Waals surface area contributed by atoms with E-state index < -0.39 is 0 Å². The molecule has 1 heterocycles. The van der Waals surface area contributed by atoms with Gasteiger partial charge < -0.3 is 10.1 Å². The number of methoxy groups -OCH3 is 1. The number of rotatable bonds is 7. The topological polar surface area (TPSA) is 34.1 Å². The third-order valence-corrected chi connectivity index (χ3v) is 3.57. The van der Waals surface area contributed by atoms with Crippen molar-refractivity contribution in [1.29, 1.82) is 0 Å². The second-order valence-corrected chi connectivity index (χ2v) is 5.36. The summed E-state index contributed by atoms with van der Waals surface area (Å²) in [4.78, 5) is 4.38. The molecule has 0 aliphatic heterocycles. The van der Waals surface area contributed by atoms with Crippen LogP contribution in [0.1, 0.15) is 31.9 Å². The summed E-state index contributed by atoms with van der Waals surface area (Å²) in [7, 11) is 1.76. The van der Waals surface area contributed by atoms with Gasteiger partial charge in [-0.2, -0.15) is 0 Å². The van der Waals surface area contributed by atoms with Gasteiger partial charge in [-0.25, -0.2) is 0 Å². The lowest BCUT2D eigenvalue weighted by atomic mass is 9.95. The summed E-state index contributed by atoms with van der Waals surface area (Å²) in [5.41, 5.74) is 2.38. The highest BCUT2D eigenvalue weighted by molar-refractivity contribution is 5.79. The largest absolute Gasteiger partial charge is 0.384 e. The Bertz CT molecular complexity index is 541. The van der Waals surface area contributed by atoms with Gasteiger partial charge in [-0.1, -0.05) is 26.0 Å². The van der Waals surface area contributed by atoms with Crippen molar-refractivity contribution in [3.05, 3.63) is 42.1 Å². The second-order valence-electron chi connectivity index (χ2n) is 5.36. The number of hydrogen-bond donors (Lipinski definition) is 1. The first-order valence-electron chi connectivity index (χ1n) is 7.31. The summed E-state index contributed by atoms with van der Waals surface area (Å²) in [6.07, 6.45) is 2.91. The van der Waals surface area contributed by atoms with Gasteiger partial charge in [0.2, 0.25) is 0 Å². The molecule has 2 atom stereocenters. The minimum absolute atomic E-state index is 0.370. The van der Waals surface area contributed by atoms with E-state index in [1.807, 2.05) is 12.3 Å². The number of pyridine rings is 1. The third kappa shape index (κ3) is 3.78. The lowest BCUT2D eigenvalue weighted by molar-refractivity contribution is 0.149. The molecule has 0 saturated carbocycles. The van der Waals surface area contributed by atoms with Crippen LogP contribution < -0.4 is 5.32 Å². The van der Waals surface area contributed by atoms with E-state index in [9.17, 15) is 0 Å². The lowest BCUT2D eigenvalue weighted by Crippen LogP contribution is -2.24. The fourth-order valence-corrected chi connectivity index (χ4v) is 2.65. The Morgan fingerprint density at radius 2 is 2.15 bits per heavy atom. The number of aromatic nitrogens is 1. The van der Waals surface area contributed by atoms with E-state index >= 15 is 0 Å². The van der Waals surface area contributed by atoms with Gasteiger partial charge in [0.1, 0.15) is 0 Å². The number of nitrogens with one attached hydrogen (secondary N) is 1. The van der Waals surface area contributed by atoms with Crippen molar-refractivity contribution in [3.63, 3.8) is 0 Å². The van der Waals surface area contributed by atoms with E-state index in [1.54, 1.807) is 7.11 Å². The van der Waals surface area contributed by atoms with Crippen molar-refractivity contribution in [2.24, 2.45) is 5.92 Å². The molecule has 2 aromatic rings. The maximum absolute atomic E-state index is 5.25. The van der Waals surface area contributed by atoms with Crippen LogP contribution in [-0.4, -0.2) is 25.2 Å². The van der Waals surface area contributed by atoms with Crippen LogP contribution in [0.25, 0.3) is 10.9 Å². The van der Waals surface area contributed by atoms with E-state index in [-0.39, 0.29) is 0 Å². The molecule has 2 rings (SSSR count). The molecule has 0 fully saturated rings. The Morgan fingerprint density at radius 3 is 2.90 bits per heavy atom. The standard InChI is InChI=1S/C17H24N2O/c1-4-18-17(10-13(2)12-20-3)15-7-8-16-14(11-15)6-5-9-19-16/h5-9,11,13,17-18H,4,10,12H2,1-3H3. The molecule has 3 nitrogen and oxygen atoms in total. The van der Waals surface area contributed by atoms with Gasteiger partial charge in [-0.05, 0) is 42.6 Å². The molecule has 0 aliphatic carbocycles. The van der Waals surface area contributed by atoms with Crippen LogP contribution in [0.15, 0.2) is 36.5 Å². The maximum Gasteiger partial charge on any atom is 0.0702 e. The molecule has 0 radical (unpaired) electrons. The predicted molar refractivity (Wildman–Crippen MR) is 83.8 cm³/mol. The zero-order valence-corrected chi connectivity index (χ0v) is 12.6. The molecule has 1 aromatic carbocycles. The molecule has 3 heteroatoms. The van der Waals surface area contributed by atoms with Crippen molar-refractivity contribution >= 4 is 10.9 Å². The summed E-state index contributed by atoms with van der Waals surface area (Å²) in [5, 5.41) is 4.78. The highest BCUT2D eigenvalue weighted by Crippen LogP contribution is 2.24. The monoisotopic (exact) mass is 272 g/mol. The molecule has 1 N–H and O–H groups in total. The van der Waals surface area contributed by atoms with E-state index in [2.05, 4.69) is 48.4 Å². The lowest BCUT2D eigenvalue weighted by Gasteiger charge is -2.22. The maximum atomic E-state index is 5.25. The molecule has 2 unspecified atom stereocenters. The number of nitrogens with zero attached hydrogens (tertiary/aromatic N) is 1. The van der Waals surface area contributed by atoms with Crippen LogP contribution in [0, 0.1) is 5.92 Å². The summed E-state index contributed by atoms with van der Waals surface area (Å²) in [6, 6.07) is 11.0. The van der Waals surface area contributed by atoms with Crippen molar-refractivity contribution in [2.75, 3.05) is 20.3 Å². The summed E-state index contributed by atoms with van der Waals surface area (Å²) >= 11 is 0. The smallest absolute Gasteiger partial charge is 0.0702 e. The van der Waals surface area contributed by atoms with Gasteiger partial charge in [0, 0.05) is 31.3 Å². The molecular formula is C17H24N2O. The molecule has 0 saturated heterocycles. The molecule has 20 heavy (non-hydrogen) atoms. The normalized spacial score (nSPS) is 14.3. The molecule has 0 amide bonds. The fourth-order valence-electron chi connectivity index (χ4n) is 2.65. The van der Waals surface area contributed by atoms with Crippen LogP contribution >= 0.6 is 0 Å². The first-order valence-corrected chi connectivity index (χ1v) is 7.31. The Kier molecular flexibility index (Phi) is 5.50. The van der Waals surface area contributed by atoms with Gasteiger partial charge in [0.05, 0.1) is 5.52 Å². The highest BCUT2D eigenvalue weighted by Gasteiger charge is 2.14. The Morgan fingerprint density at radius 1 is 1.30 bits per heavy atom. The Labute approximate surface area is 121 Å². The minimum atomic E-state index is 0.370.